The van der Waals surface area contributed by atoms with Crippen molar-refractivity contribution >= 4 is 34.2 Å². The molecule has 1 unspecified atom stereocenters. The molecule has 0 aliphatic carbocycles. The Labute approximate surface area is 211 Å². The van der Waals surface area contributed by atoms with Gasteiger partial charge in [-0.15, -0.1) is 0 Å². The number of carbonyl (C=O) groups is 1. The first-order valence-corrected chi connectivity index (χ1v) is 12.6. The Morgan fingerprint density at radius 2 is 1.83 bits per heavy atom. The van der Waals surface area contributed by atoms with Crippen molar-refractivity contribution in [3.63, 3.8) is 0 Å². The van der Waals surface area contributed by atoms with Gasteiger partial charge < -0.3 is 14.2 Å². The Morgan fingerprint density at radius 3 is 2.66 bits per heavy atom. The monoisotopic (exact) mass is 487 g/mol. The fraction of sp³-hybridized carbons (Fsp3) is 0.310. The van der Waals surface area contributed by atoms with Gasteiger partial charge in [0.2, 0.25) is 5.91 Å². The van der Waals surface area contributed by atoms with Crippen molar-refractivity contribution < 1.29 is 9.53 Å². The molecule has 1 aliphatic rings. The molecule has 2 heterocycles. The first-order valence-electron chi connectivity index (χ1n) is 12.2. The fourth-order valence-corrected chi connectivity index (χ4v) is 4.98. The molecule has 1 aliphatic heterocycles. The molecule has 3 aromatic carbocycles. The number of aromatic nitrogens is 2. The lowest BCUT2D eigenvalue weighted by Gasteiger charge is -2.20. The molecule has 4 aromatic rings. The number of carbonyl (C=O) groups excluding carboxylic acids is 1. The second kappa shape index (κ2) is 10.1. The number of hydrogen-bond donors (Lipinski definition) is 0. The van der Waals surface area contributed by atoms with Gasteiger partial charge in [0.05, 0.1) is 17.6 Å². The van der Waals surface area contributed by atoms with E-state index >= 15 is 0 Å². The van der Waals surface area contributed by atoms with Crippen LogP contribution in [0.5, 0.6) is 5.75 Å². The number of aryl methyl sites for hydroxylation is 3. The topological polar surface area (TPSA) is 47.4 Å². The van der Waals surface area contributed by atoms with E-state index < -0.39 is 0 Å². The predicted molar refractivity (Wildman–Crippen MR) is 142 cm³/mol. The van der Waals surface area contributed by atoms with Crippen molar-refractivity contribution in [1.82, 2.24) is 9.55 Å². The number of anilines is 1. The van der Waals surface area contributed by atoms with Crippen LogP contribution >= 0.6 is 11.6 Å². The number of rotatable bonds is 8. The summed E-state index contributed by atoms with van der Waals surface area (Å²) >= 11 is 5.95. The van der Waals surface area contributed by atoms with Gasteiger partial charge in [0.25, 0.3) is 0 Å². The smallest absolute Gasteiger partial charge is 0.227 e. The average Bonchev–Trinajstić information content (AvgIpc) is 3.42. The van der Waals surface area contributed by atoms with Crippen LogP contribution in [0.25, 0.3) is 11.0 Å². The Balaban J connectivity index is 1.31. The van der Waals surface area contributed by atoms with E-state index in [9.17, 15) is 4.79 Å². The van der Waals surface area contributed by atoms with Crippen molar-refractivity contribution in [2.45, 2.75) is 45.6 Å². The second-order valence-corrected chi connectivity index (χ2v) is 9.75. The summed E-state index contributed by atoms with van der Waals surface area (Å²) in [7, 11) is 0. The standard InChI is InChI=1S/C29H30ClN3O2/c1-20-9-10-21(2)27(17-20)33-19-22(18-28(33)34)29-31-25-7-3-4-8-26(25)32(29)15-5-6-16-35-24-13-11-23(30)12-14-24/h3-4,7-14,17,22H,5-6,15-16,18-19H2,1-2H3. The predicted octanol–water partition coefficient (Wildman–Crippen LogP) is 6.69. The lowest BCUT2D eigenvalue weighted by molar-refractivity contribution is -0.117. The van der Waals surface area contributed by atoms with Crippen LogP contribution in [-0.4, -0.2) is 28.6 Å². The molecule has 0 N–H and O–H groups in total. The SMILES string of the molecule is Cc1ccc(C)c(N2CC(c3nc4ccccc4n3CCCCOc3ccc(Cl)cc3)CC2=O)c1. The van der Waals surface area contributed by atoms with Crippen LogP contribution < -0.4 is 9.64 Å². The van der Waals surface area contributed by atoms with Crippen LogP contribution in [0, 0.1) is 13.8 Å². The van der Waals surface area contributed by atoms with Gasteiger partial charge in [-0.25, -0.2) is 4.98 Å². The highest BCUT2D eigenvalue weighted by Crippen LogP contribution is 2.35. The third-order valence-electron chi connectivity index (χ3n) is 6.69. The molecule has 0 spiro atoms. The maximum atomic E-state index is 13.1. The number of hydrogen-bond acceptors (Lipinski definition) is 3. The summed E-state index contributed by atoms with van der Waals surface area (Å²) in [5.74, 6) is 2.07. The fourth-order valence-electron chi connectivity index (χ4n) is 4.86. The molecular weight excluding hydrogens is 458 g/mol. The Kier molecular flexibility index (Phi) is 6.78. The summed E-state index contributed by atoms with van der Waals surface area (Å²) in [4.78, 5) is 20.0. The minimum Gasteiger partial charge on any atom is -0.494 e. The molecule has 0 saturated carbocycles. The molecule has 6 heteroatoms. The number of fused-ring (bicyclic) bond motifs is 1. The van der Waals surface area contributed by atoms with E-state index in [4.69, 9.17) is 21.3 Å². The molecule has 0 radical (unpaired) electrons. The van der Waals surface area contributed by atoms with Crippen LogP contribution in [0.1, 0.15) is 42.1 Å². The minimum atomic E-state index is 0.0696. The first-order chi connectivity index (χ1) is 17.0. The van der Waals surface area contributed by atoms with E-state index in [0.717, 1.165) is 58.8 Å². The summed E-state index contributed by atoms with van der Waals surface area (Å²) in [6.45, 7) is 6.28. The highest BCUT2D eigenvalue weighted by Gasteiger charge is 2.35. The van der Waals surface area contributed by atoms with Crippen molar-refractivity contribution in [3.8, 4) is 5.75 Å². The van der Waals surface area contributed by atoms with E-state index in [2.05, 4.69) is 54.8 Å². The Hall–Kier alpha value is -3.31. The van der Waals surface area contributed by atoms with Crippen LogP contribution in [0.15, 0.2) is 66.7 Å². The number of imidazole rings is 1. The maximum absolute atomic E-state index is 13.1. The number of amides is 1. The third-order valence-corrected chi connectivity index (χ3v) is 6.94. The van der Waals surface area contributed by atoms with Gasteiger partial charge in [-0.3, -0.25) is 4.79 Å². The van der Waals surface area contributed by atoms with E-state index in [1.54, 1.807) is 0 Å². The quantitative estimate of drug-likeness (QED) is 0.260. The van der Waals surface area contributed by atoms with Crippen molar-refractivity contribution in [3.05, 3.63) is 88.7 Å². The van der Waals surface area contributed by atoms with Gasteiger partial charge in [0, 0.05) is 36.1 Å². The summed E-state index contributed by atoms with van der Waals surface area (Å²) in [6, 6.07) is 22.0. The average molecular weight is 488 g/mol. The number of unbranched alkanes of at least 4 members (excludes halogenated alkanes) is 1. The van der Waals surface area contributed by atoms with E-state index in [1.807, 2.05) is 35.2 Å². The highest BCUT2D eigenvalue weighted by molar-refractivity contribution is 6.30. The molecule has 1 saturated heterocycles. The molecule has 1 aromatic heterocycles. The highest BCUT2D eigenvalue weighted by atomic mass is 35.5. The van der Waals surface area contributed by atoms with E-state index in [-0.39, 0.29) is 11.8 Å². The largest absolute Gasteiger partial charge is 0.494 e. The molecule has 180 valence electrons. The van der Waals surface area contributed by atoms with Crippen molar-refractivity contribution in [2.75, 3.05) is 18.1 Å². The summed E-state index contributed by atoms with van der Waals surface area (Å²) in [5, 5.41) is 0.707. The van der Waals surface area contributed by atoms with Gasteiger partial charge in [-0.2, -0.15) is 0 Å². The van der Waals surface area contributed by atoms with Gasteiger partial charge in [-0.1, -0.05) is 35.9 Å². The maximum Gasteiger partial charge on any atom is 0.227 e. The van der Waals surface area contributed by atoms with Crippen molar-refractivity contribution in [1.29, 1.82) is 0 Å². The third kappa shape index (κ3) is 5.06. The molecule has 35 heavy (non-hydrogen) atoms. The van der Waals surface area contributed by atoms with Gasteiger partial charge in [-0.05, 0) is 80.3 Å². The Morgan fingerprint density at radius 1 is 1.03 bits per heavy atom. The van der Waals surface area contributed by atoms with E-state index in [0.29, 0.717) is 24.6 Å². The summed E-state index contributed by atoms with van der Waals surface area (Å²) < 4.78 is 8.17. The van der Waals surface area contributed by atoms with Crippen LogP contribution in [0.4, 0.5) is 5.69 Å². The minimum absolute atomic E-state index is 0.0696. The van der Waals surface area contributed by atoms with Crippen LogP contribution in [0.3, 0.4) is 0 Å². The molecule has 1 fully saturated rings. The zero-order valence-corrected chi connectivity index (χ0v) is 21.0. The summed E-state index contributed by atoms with van der Waals surface area (Å²) in [5.41, 5.74) is 5.41. The molecule has 5 nitrogen and oxygen atoms in total. The molecule has 1 atom stereocenters. The lowest BCUT2D eigenvalue weighted by atomic mass is 10.1. The first kappa shape index (κ1) is 23.4. The zero-order valence-electron chi connectivity index (χ0n) is 20.2. The van der Waals surface area contributed by atoms with Gasteiger partial charge >= 0.3 is 0 Å². The van der Waals surface area contributed by atoms with Crippen LogP contribution in [-0.2, 0) is 11.3 Å². The lowest BCUT2D eigenvalue weighted by Crippen LogP contribution is -2.25. The van der Waals surface area contributed by atoms with E-state index in [1.165, 1.54) is 0 Å². The molecule has 5 rings (SSSR count). The number of para-hydroxylation sites is 2. The number of ether oxygens (including phenoxy) is 1. The van der Waals surface area contributed by atoms with Crippen LogP contribution in [0.2, 0.25) is 5.02 Å². The normalized spacial score (nSPS) is 15.8. The molecule has 1 amide bonds. The van der Waals surface area contributed by atoms with Gasteiger partial charge in [0.15, 0.2) is 0 Å². The molecule has 0 bridgehead atoms. The summed E-state index contributed by atoms with van der Waals surface area (Å²) in [6.07, 6.45) is 2.37. The number of halogens is 1. The Bertz CT molecular complexity index is 1350. The van der Waals surface area contributed by atoms with Gasteiger partial charge in [0.1, 0.15) is 11.6 Å². The molecular formula is C29H30ClN3O2. The zero-order chi connectivity index (χ0) is 24.4. The number of nitrogens with zero attached hydrogens (tertiary/aromatic N) is 3. The van der Waals surface area contributed by atoms with Crippen molar-refractivity contribution in [2.24, 2.45) is 0 Å². The second-order valence-electron chi connectivity index (χ2n) is 9.32. The number of benzene rings is 3.